The number of hydrogen-bond donors (Lipinski definition) is 4. The molecule has 0 aliphatic carbocycles. The summed E-state index contributed by atoms with van der Waals surface area (Å²) < 4.78 is 4.60. The molecule has 96 valence electrons. The van der Waals surface area contributed by atoms with Crippen LogP contribution in [0.4, 0.5) is 0 Å². The minimum absolute atomic E-state index is 0.0208. The molecule has 4 nitrogen and oxygen atoms in total. The molecule has 16 heavy (non-hydrogen) atoms. The fourth-order valence-corrected chi connectivity index (χ4v) is 1.22. The van der Waals surface area contributed by atoms with Gasteiger partial charge in [0.15, 0.2) is 5.90 Å². The van der Waals surface area contributed by atoms with Crippen molar-refractivity contribution in [1.82, 2.24) is 0 Å². The Morgan fingerprint density at radius 1 is 1.44 bits per heavy atom. The third-order valence-corrected chi connectivity index (χ3v) is 2.43. The quantitative estimate of drug-likeness (QED) is 0.336. The van der Waals surface area contributed by atoms with Crippen molar-refractivity contribution in [3.8, 4) is 0 Å². The van der Waals surface area contributed by atoms with E-state index in [0.29, 0.717) is 12.3 Å². The van der Waals surface area contributed by atoms with Crippen molar-refractivity contribution in [2.75, 3.05) is 18.6 Å². The van der Waals surface area contributed by atoms with Gasteiger partial charge in [-0.1, -0.05) is 6.92 Å². The molecule has 0 radical (unpaired) electrons. The molecule has 1 amide bonds. The van der Waals surface area contributed by atoms with Gasteiger partial charge in [0, 0.05) is 12.3 Å². The number of primary amides is 1. The second kappa shape index (κ2) is 12.7. The number of rotatable bonds is 6. The van der Waals surface area contributed by atoms with Crippen molar-refractivity contribution in [1.29, 1.82) is 5.41 Å². The van der Waals surface area contributed by atoms with Crippen LogP contribution >= 0.6 is 25.3 Å². The van der Waals surface area contributed by atoms with Gasteiger partial charge in [-0.15, -0.1) is 0 Å². The minimum atomic E-state index is -0.237. The smallest absolute Gasteiger partial charge is 0.220 e. The summed E-state index contributed by atoms with van der Waals surface area (Å²) in [6, 6.07) is 0. The van der Waals surface area contributed by atoms with Crippen LogP contribution in [-0.2, 0) is 9.53 Å². The van der Waals surface area contributed by atoms with Gasteiger partial charge in [0.05, 0.1) is 7.11 Å². The van der Waals surface area contributed by atoms with Crippen molar-refractivity contribution in [2.45, 2.75) is 26.2 Å². The van der Waals surface area contributed by atoms with Gasteiger partial charge >= 0.3 is 0 Å². The van der Waals surface area contributed by atoms with Crippen LogP contribution in [-0.4, -0.2) is 30.4 Å². The highest BCUT2D eigenvalue weighted by atomic mass is 32.1. The number of amides is 1. The van der Waals surface area contributed by atoms with E-state index in [1.807, 2.05) is 0 Å². The van der Waals surface area contributed by atoms with Crippen molar-refractivity contribution in [2.24, 2.45) is 11.7 Å². The first kappa shape index (κ1) is 18.0. The Hall–Kier alpha value is -0.360. The first-order valence-electron chi connectivity index (χ1n) is 5.12. The topological polar surface area (TPSA) is 76.2 Å². The van der Waals surface area contributed by atoms with Gasteiger partial charge in [-0.25, -0.2) is 0 Å². The molecule has 1 unspecified atom stereocenters. The molecule has 0 heterocycles. The van der Waals surface area contributed by atoms with Crippen LogP contribution in [0.15, 0.2) is 0 Å². The molecule has 0 saturated carbocycles. The standard InChI is InChI=1S/2C5H11NOS/c1-7-5(6)3-2-4-8;1-4(2-3-8)5(6)7/h6,8H,2-4H2,1H3;4,8H,2-3H2,1H3,(H2,6,7). The molecule has 0 aromatic rings. The van der Waals surface area contributed by atoms with E-state index in [2.05, 4.69) is 30.0 Å². The van der Waals surface area contributed by atoms with E-state index in [4.69, 9.17) is 11.1 Å². The zero-order chi connectivity index (χ0) is 13.0. The van der Waals surface area contributed by atoms with Crippen LogP contribution in [0.5, 0.6) is 0 Å². The Labute approximate surface area is 109 Å². The molecular formula is C10H22N2O2S2. The van der Waals surface area contributed by atoms with Gasteiger partial charge in [0.25, 0.3) is 0 Å². The maximum atomic E-state index is 10.3. The van der Waals surface area contributed by atoms with E-state index in [1.165, 1.54) is 7.11 Å². The van der Waals surface area contributed by atoms with Crippen LogP contribution < -0.4 is 5.73 Å². The largest absolute Gasteiger partial charge is 0.484 e. The molecule has 0 spiro atoms. The van der Waals surface area contributed by atoms with Crippen LogP contribution in [0.25, 0.3) is 0 Å². The summed E-state index contributed by atoms with van der Waals surface area (Å²) in [5.74, 6) is 1.64. The molecule has 0 rings (SSSR count). The van der Waals surface area contributed by atoms with Gasteiger partial charge in [0.2, 0.25) is 5.91 Å². The molecule has 0 bridgehead atoms. The summed E-state index contributed by atoms with van der Waals surface area (Å²) in [7, 11) is 1.51. The van der Waals surface area contributed by atoms with Crippen molar-refractivity contribution >= 4 is 37.1 Å². The van der Waals surface area contributed by atoms with Gasteiger partial charge in [-0.3, -0.25) is 10.2 Å². The molecular weight excluding hydrogens is 244 g/mol. The lowest BCUT2D eigenvalue weighted by Crippen LogP contribution is -2.20. The fraction of sp³-hybridized carbons (Fsp3) is 0.800. The lowest BCUT2D eigenvalue weighted by Gasteiger charge is -2.01. The third kappa shape index (κ3) is 13.6. The van der Waals surface area contributed by atoms with Gasteiger partial charge in [-0.2, -0.15) is 25.3 Å². The summed E-state index contributed by atoms with van der Waals surface area (Å²) in [6.45, 7) is 1.80. The molecule has 0 fully saturated rings. The first-order valence-corrected chi connectivity index (χ1v) is 6.38. The SMILES string of the molecule is CC(CCS)C(N)=O.COC(=N)CCCS. The van der Waals surface area contributed by atoms with Gasteiger partial charge in [0.1, 0.15) is 0 Å². The average molecular weight is 266 g/mol. The molecule has 0 aliphatic heterocycles. The van der Waals surface area contributed by atoms with E-state index >= 15 is 0 Å². The Morgan fingerprint density at radius 2 is 2.00 bits per heavy atom. The fourth-order valence-electron chi connectivity index (χ4n) is 0.678. The van der Waals surface area contributed by atoms with E-state index in [9.17, 15) is 4.79 Å². The second-order valence-electron chi connectivity index (χ2n) is 3.27. The summed E-state index contributed by atoms with van der Waals surface area (Å²) in [5.41, 5.74) is 4.95. The number of methoxy groups -OCH3 is 1. The summed E-state index contributed by atoms with van der Waals surface area (Å²) in [6.07, 6.45) is 2.41. The number of nitrogens with one attached hydrogen (secondary N) is 1. The number of hydrogen-bond acceptors (Lipinski definition) is 5. The maximum Gasteiger partial charge on any atom is 0.220 e. The minimum Gasteiger partial charge on any atom is -0.484 e. The summed E-state index contributed by atoms with van der Waals surface area (Å²) in [4.78, 5) is 10.3. The first-order chi connectivity index (χ1) is 7.49. The lowest BCUT2D eigenvalue weighted by molar-refractivity contribution is -0.121. The Morgan fingerprint density at radius 3 is 2.25 bits per heavy atom. The van der Waals surface area contributed by atoms with Crippen molar-refractivity contribution in [3.63, 3.8) is 0 Å². The number of nitrogens with two attached hydrogens (primary N) is 1. The number of carbonyl (C=O) groups excluding carboxylic acids is 1. The normalized spacial score (nSPS) is 11.0. The van der Waals surface area contributed by atoms with Crippen molar-refractivity contribution < 1.29 is 9.53 Å². The Balaban J connectivity index is 0. The Bertz CT molecular complexity index is 199. The second-order valence-corrected chi connectivity index (χ2v) is 4.16. The summed E-state index contributed by atoms with van der Waals surface area (Å²) in [5, 5.41) is 6.98. The predicted molar refractivity (Wildman–Crippen MR) is 74.7 cm³/mol. The zero-order valence-electron chi connectivity index (χ0n) is 9.90. The molecule has 0 aromatic heterocycles. The monoisotopic (exact) mass is 266 g/mol. The van der Waals surface area contributed by atoms with E-state index in [-0.39, 0.29) is 11.8 Å². The Kier molecular flexibility index (Phi) is 14.3. The van der Waals surface area contributed by atoms with Crippen LogP contribution in [0.3, 0.4) is 0 Å². The number of thiol groups is 2. The summed E-state index contributed by atoms with van der Waals surface area (Å²) >= 11 is 7.93. The number of ether oxygens (including phenoxy) is 1. The number of carbonyl (C=O) groups is 1. The third-order valence-electron chi connectivity index (χ3n) is 1.86. The molecule has 1 atom stereocenters. The van der Waals surface area contributed by atoms with Crippen LogP contribution in [0.2, 0.25) is 0 Å². The highest BCUT2D eigenvalue weighted by molar-refractivity contribution is 7.80. The average Bonchev–Trinajstić information content (AvgIpc) is 2.27. The predicted octanol–water partition coefficient (Wildman–Crippen LogP) is 1.75. The zero-order valence-corrected chi connectivity index (χ0v) is 11.7. The molecule has 6 heteroatoms. The van der Waals surface area contributed by atoms with Gasteiger partial charge < -0.3 is 10.5 Å². The van der Waals surface area contributed by atoms with E-state index in [0.717, 1.165) is 24.3 Å². The molecule has 0 aromatic carbocycles. The van der Waals surface area contributed by atoms with E-state index in [1.54, 1.807) is 6.92 Å². The maximum absolute atomic E-state index is 10.3. The highest BCUT2D eigenvalue weighted by Gasteiger charge is 2.05. The van der Waals surface area contributed by atoms with E-state index < -0.39 is 0 Å². The highest BCUT2D eigenvalue weighted by Crippen LogP contribution is 2.00. The molecule has 0 saturated heterocycles. The molecule has 3 N–H and O–H groups in total. The van der Waals surface area contributed by atoms with Crippen LogP contribution in [0.1, 0.15) is 26.2 Å². The van der Waals surface area contributed by atoms with Gasteiger partial charge in [-0.05, 0) is 24.3 Å². The lowest BCUT2D eigenvalue weighted by atomic mass is 10.1. The van der Waals surface area contributed by atoms with Crippen LogP contribution in [0, 0.1) is 11.3 Å². The molecule has 0 aliphatic rings. The van der Waals surface area contributed by atoms with Crippen molar-refractivity contribution in [3.05, 3.63) is 0 Å².